The van der Waals surface area contributed by atoms with E-state index in [1.807, 2.05) is 0 Å². The third-order valence-electron chi connectivity index (χ3n) is 14.3. The van der Waals surface area contributed by atoms with Gasteiger partial charge in [0.05, 0.1) is 6.61 Å². The van der Waals surface area contributed by atoms with Gasteiger partial charge >= 0.3 is 0 Å². The van der Waals surface area contributed by atoms with Crippen molar-refractivity contribution < 1.29 is 4.74 Å². The van der Waals surface area contributed by atoms with Crippen LogP contribution in [0.3, 0.4) is 0 Å². The van der Waals surface area contributed by atoms with Gasteiger partial charge in [-0.15, -0.1) is 0 Å². The molecule has 0 aliphatic heterocycles. The van der Waals surface area contributed by atoms with Crippen molar-refractivity contribution >= 4 is 43.1 Å². The van der Waals surface area contributed by atoms with Crippen molar-refractivity contribution in [3.63, 3.8) is 0 Å². The minimum Gasteiger partial charge on any atom is -0.494 e. The molecular weight excluding hydrogens is 797 g/mol. The highest BCUT2D eigenvalue weighted by molar-refractivity contribution is 6.30. The highest BCUT2D eigenvalue weighted by Crippen LogP contribution is 2.53. The minimum atomic E-state index is -0.161. The van der Waals surface area contributed by atoms with E-state index in [0.717, 1.165) is 25.2 Å². The molecule has 0 heterocycles. The Hall–Kier alpha value is -7.74. The lowest BCUT2D eigenvalue weighted by Gasteiger charge is -2.24. The van der Waals surface area contributed by atoms with Gasteiger partial charge in [0.1, 0.15) is 5.75 Å². The number of unbranched alkanes of at least 4 members (excludes halogenated alkanes) is 1. The smallest absolute Gasteiger partial charge is 0.119 e. The fourth-order valence-corrected chi connectivity index (χ4v) is 11.0. The van der Waals surface area contributed by atoms with Gasteiger partial charge in [-0.05, 0) is 152 Å². The van der Waals surface area contributed by atoms with Gasteiger partial charge in [-0.3, -0.25) is 0 Å². The first-order valence-electron chi connectivity index (χ1n) is 23.5. The summed E-state index contributed by atoms with van der Waals surface area (Å²) in [5.41, 5.74) is 17.7. The largest absolute Gasteiger partial charge is 0.494 e. The lowest BCUT2D eigenvalue weighted by molar-refractivity contribution is 0.309. The SMILES string of the molecule is CCCCOc1ccc(-c2ccc(-c3c4ccccc4c(-c4c5ccccc5c(-c5ccc6c(c5)C(C)(C)c5cc(-c7ccccc7)ccc5-6)c5ccccc45)c4ccccc34)cc2)cc1. The van der Waals surface area contributed by atoms with E-state index in [9.17, 15) is 0 Å². The van der Waals surface area contributed by atoms with E-state index in [2.05, 4.69) is 233 Å². The fourth-order valence-electron chi connectivity index (χ4n) is 11.0. The van der Waals surface area contributed by atoms with Crippen LogP contribution in [-0.2, 0) is 5.41 Å². The van der Waals surface area contributed by atoms with Crippen molar-refractivity contribution in [2.75, 3.05) is 6.61 Å². The van der Waals surface area contributed by atoms with E-state index in [1.54, 1.807) is 0 Å². The average molecular weight is 847 g/mol. The molecule has 1 nitrogen and oxygen atoms in total. The van der Waals surface area contributed by atoms with E-state index in [0.29, 0.717) is 0 Å². The fraction of sp³-hybridized carbons (Fsp3) is 0.108. The molecule has 11 aromatic rings. The lowest BCUT2D eigenvalue weighted by atomic mass is 9.79. The molecule has 66 heavy (non-hydrogen) atoms. The molecule has 316 valence electrons. The number of benzene rings is 11. The molecule has 0 spiro atoms. The molecule has 0 fully saturated rings. The van der Waals surface area contributed by atoms with Gasteiger partial charge in [0.15, 0.2) is 0 Å². The lowest BCUT2D eigenvalue weighted by Crippen LogP contribution is -2.15. The van der Waals surface area contributed by atoms with Crippen LogP contribution in [0.2, 0.25) is 0 Å². The van der Waals surface area contributed by atoms with E-state index in [-0.39, 0.29) is 5.41 Å². The molecule has 11 aromatic carbocycles. The Morgan fingerprint density at radius 1 is 0.333 bits per heavy atom. The van der Waals surface area contributed by atoms with Crippen LogP contribution in [0.4, 0.5) is 0 Å². The molecule has 1 heteroatoms. The maximum absolute atomic E-state index is 5.96. The van der Waals surface area contributed by atoms with Crippen molar-refractivity contribution in [2.24, 2.45) is 0 Å². The van der Waals surface area contributed by atoms with Gasteiger partial charge in [-0.1, -0.05) is 215 Å². The monoisotopic (exact) mass is 846 g/mol. The van der Waals surface area contributed by atoms with Gasteiger partial charge in [0, 0.05) is 5.41 Å². The van der Waals surface area contributed by atoms with Gasteiger partial charge in [-0.25, -0.2) is 0 Å². The van der Waals surface area contributed by atoms with Gasteiger partial charge in [-0.2, -0.15) is 0 Å². The average Bonchev–Trinajstić information content (AvgIpc) is 3.60. The van der Waals surface area contributed by atoms with Crippen molar-refractivity contribution in [1.82, 2.24) is 0 Å². The summed E-state index contributed by atoms with van der Waals surface area (Å²) in [5, 5.41) is 10.1. The topological polar surface area (TPSA) is 9.23 Å². The zero-order valence-corrected chi connectivity index (χ0v) is 37.7. The van der Waals surface area contributed by atoms with E-state index in [1.165, 1.54) is 121 Å². The number of fused-ring (bicyclic) bond motifs is 7. The van der Waals surface area contributed by atoms with Crippen LogP contribution in [0.1, 0.15) is 44.7 Å². The first-order chi connectivity index (χ1) is 32.5. The van der Waals surface area contributed by atoms with Crippen LogP contribution >= 0.6 is 0 Å². The summed E-state index contributed by atoms with van der Waals surface area (Å²) in [4.78, 5) is 0. The Bertz CT molecular complexity index is 3540. The maximum Gasteiger partial charge on any atom is 0.119 e. The summed E-state index contributed by atoms with van der Waals surface area (Å²) in [5.74, 6) is 0.925. The van der Waals surface area contributed by atoms with Crippen LogP contribution in [0.25, 0.3) is 110 Å². The van der Waals surface area contributed by atoms with Crippen molar-refractivity contribution in [3.05, 3.63) is 223 Å². The molecule has 0 atom stereocenters. The Morgan fingerprint density at radius 2 is 0.682 bits per heavy atom. The molecule has 12 rings (SSSR count). The molecule has 0 radical (unpaired) electrons. The number of hydrogen-bond donors (Lipinski definition) is 0. The molecular formula is C65H50O. The molecule has 0 N–H and O–H groups in total. The summed E-state index contributed by atoms with van der Waals surface area (Å²) in [6.07, 6.45) is 2.19. The molecule has 0 saturated carbocycles. The minimum absolute atomic E-state index is 0.161. The van der Waals surface area contributed by atoms with Crippen molar-refractivity contribution in [3.8, 4) is 72.5 Å². The first kappa shape index (κ1) is 39.8. The zero-order valence-electron chi connectivity index (χ0n) is 37.7. The van der Waals surface area contributed by atoms with Gasteiger partial charge in [0.2, 0.25) is 0 Å². The second-order valence-electron chi connectivity index (χ2n) is 18.5. The van der Waals surface area contributed by atoms with E-state index >= 15 is 0 Å². The van der Waals surface area contributed by atoms with Crippen LogP contribution in [0.15, 0.2) is 212 Å². The Kier molecular flexibility index (Phi) is 9.68. The maximum atomic E-state index is 5.96. The Labute approximate surface area is 387 Å². The summed E-state index contributed by atoms with van der Waals surface area (Å²) >= 11 is 0. The highest BCUT2D eigenvalue weighted by atomic mass is 16.5. The first-order valence-corrected chi connectivity index (χ1v) is 23.5. The van der Waals surface area contributed by atoms with Crippen molar-refractivity contribution in [1.29, 1.82) is 0 Å². The number of hydrogen-bond acceptors (Lipinski definition) is 1. The third kappa shape index (κ3) is 6.45. The zero-order chi connectivity index (χ0) is 44.4. The third-order valence-corrected chi connectivity index (χ3v) is 14.3. The molecule has 1 aliphatic carbocycles. The summed E-state index contributed by atoms with van der Waals surface area (Å²) in [6.45, 7) is 7.74. The molecule has 1 aliphatic rings. The quantitative estimate of drug-likeness (QED) is 0.104. The molecule has 0 aromatic heterocycles. The van der Waals surface area contributed by atoms with Crippen LogP contribution in [0.5, 0.6) is 5.75 Å². The molecule has 0 bridgehead atoms. The second kappa shape index (κ2) is 16.1. The standard InChI is InChI=1S/C65H50O/c1-4-5-39-66-48-35-31-44(32-36-48)43-27-29-45(30-28-43)61-51-19-9-13-23-55(51)63(56-24-14-10-20-52(56)61)64-57-25-15-11-21-53(57)62(54-22-12-16-26-58(54)64)47-34-38-50-49-37-33-46(42-17-7-6-8-18-42)40-59(49)65(2,3)60(50)41-47/h6-38,40-41H,4-5,39H2,1-3H3. The predicted octanol–water partition coefficient (Wildman–Crippen LogP) is 18.1. The normalized spacial score (nSPS) is 12.8. The Balaban J connectivity index is 1.02. The summed E-state index contributed by atoms with van der Waals surface area (Å²) < 4.78 is 5.96. The van der Waals surface area contributed by atoms with E-state index < -0.39 is 0 Å². The van der Waals surface area contributed by atoms with Gasteiger partial charge < -0.3 is 4.74 Å². The van der Waals surface area contributed by atoms with Crippen LogP contribution in [0, 0.1) is 0 Å². The number of rotatable bonds is 9. The Morgan fingerprint density at radius 3 is 1.15 bits per heavy atom. The van der Waals surface area contributed by atoms with Crippen LogP contribution in [-0.4, -0.2) is 6.61 Å². The highest BCUT2D eigenvalue weighted by Gasteiger charge is 2.36. The van der Waals surface area contributed by atoms with Crippen LogP contribution < -0.4 is 4.74 Å². The molecule has 0 unspecified atom stereocenters. The van der Waals surface area contributed by atoms with Gasteiger partial charge in [0.25, 0.3) is 0 Å². The predicted molar refractivity (Wildman–Crippen MR) is 282 cm³/mol. The summed E-state index contributed by atoms with van der Waals surface area (Å²) in [6, 6.07) is 79.0. The molecule has 0 amide bonds. The van der Waals surface area contributed by atoms with Crippen molar-refractivity contribution in [2.45, 2.75) is 39.0 Å². The second-order valence-corrected chi connectivity index (χ2v) is 18.5. The molecule has 0 saturated heterocycles. The number of ether oxygens (including phenoxy) is 1. The summed E-state index contributed by atoms with van der Waals surface area (Å²) in [7, 11) is 0. The van der Waals surface area contributed by atoms with E-state index in [4.69, 9.17) is 4.74 Å².